The first-order valence-corrected chi connectivity index (χ1v) is 6.50. The van der Waals surface area contributed by atoms with Gasteiger partial charge in [-0.15, -0.1) is 0 Å². The minimum atomic E-state index is -0.483. The van der Waals surface area contributed by atoms with Crippen LogP contribution >= 0.6 is 0 Å². The standard InChI is InChI=1S/C16H11N3O3/c20-14(10-4-2-1-3-5-10)12-16(22)13(19-18-12)15(21)11-6-8-17-9-7-11/h1-9,22H,(H,18,19). The predicted octanol–water partition coefficient (Wildman–Crippen LogP) is 1.97. The van der Waals surface area contributed by atoms with Gasteiger partial charge in [0.1, 0.15) is 5.69 Å². The number of H-pyrrole nitrogens is 1. The molecule has 3 rings (SSSR count). The SMILES string of the molecule is O=C(c1ccncc1)c1n[nH]c(C(=O)c2ccccc2)c1O. The monoisotopic (exact) mass is 293 g/mol. The minimum absolute atomic E-state index is 0.108. The second-order valence-corrected chi connectivity index (χ2v) is 4.56. The molecule has 2 heterocycles. The summed E-state index contributed by atoms with van der Waals surface area (Å²) in [5.41, 5.74) is 0.425. The maximum atomic E-state index is 12.3. The van der Waals surface area contributed by atoms with Crippen LogP contribution in [0.15, 0.2) is 54.9 Å². The lowest BCUT2D eigenvalue weighted by atomic mass is 10.1. The van der Waals surface area contributed by atoms with Crippen molar-refractivity contribution in [3.63, 3.8) is 0 Å². The van der Waals surface area contributed by atoms with Gasteiger partial charge in [0, 0.05) is 23.5 Å². The number of carbonyl (C=O) groups excluding carboxylic acids is 2. The number of benzene rings is 1. The van der Waals surface area contributed by atoms with E-state index in [9.17, 15) is 14.7 Å². The zero-order chi connectivity index (χ0) is 15.5. The maximum absolute atomic E-state index is 12.3. The molecular weight excluding hydrogens is 282 g/mol. The summed E-state index contributed by atoms with van der Waals surface area (Å²) in [6.07, 6.45) is 2.93. The van der Waals surface area contributed by atoms with Gasteiger partial charge in [0.25, 0.3) is 0 Å². The fourth-order valence-corrected chi connectivity index (χ4v) is 2.03. The van der Waals surface area contributed by atoms with Gasteiger partial charge in [-0.1, -0.05) is 30.3 Å². The van der Waals surface area contributed by atoms with E-state index in [1.54, 1.807) is 30.3 Å². The average molecular weight is 293 g/mol. The van der Waals surface area contributed by atoms with Crippen LogP contribution in [0.2, 0.25) is 0 Å². The third-order valence-corrected chi connectivity index (χ3v) is 3.16. The molecule has 0 atom stereocenters. The van der Waals surface area contributed by atoms with Crippen LogP contribution in [0.25, 0.3) is 0 Å². The molecule has 0 saturated heterocycles. The van der Waals surface area contributed by atoms with Gasteiger partial charge in [-0.05, 0) is 12.1 Å². The summed E-state index contributed by atoms with van der Waals surface area (Å²) in [7, 11) is 0. The first-order valence-electron chi connectivity index (χ1n) is 6.50. The van der Waals surface area contributed by atoms with E-state index in [0.717, 1.165) is 0 Å². The predicted molar refractivity (Wildman–Crippen MR) is 77.8 cm³/mol. The number of hydrogen-bond acceptors (Lipinski definition) is 5. The van der Waals surface area contributed by atoms with Gasteiger partial charge in [0.05, 0.1) is 0 Å². The molecule has 22 heavy (non-hydrogen) atoms. The molecule has 0 saturated carbocycles. The third kappa shape index (κ3) is 2.37. The molecule has 0 aliphatic carbocycles. The van der Waals surface area contributed by atoms with Crippen molar-refractivity contribution in [1.29, 1.82) is 0 Å². The van der Waals surface area contributed by atoms with Crippen LogP contribution < -0.4 is 0 Å². The van der Waals surface area contributed by atoms with Crippen molar-refractivity contribution in [1.82, 2.24) is 15.2 Å². The molecule has 0 amide bonds. The van der Waals surface area contributed by atoms with E-state index >= 15 is 0 Å². The van der Waals surface area contributed by atoms with Crippen LogP contribution in [-0.2, 0) is 0 Å². The number of hydrogen-bond donors (Lipinski definition) is 2. The van der Waals surface area contributed by atoms with Gasteiger partial charge in [0.15, 0.2) is 11.4 Å². The number of aromatic hydroxyl groups is 1. The Bertz CT molecular complexity index is 757. The van der Waals surface area contributed by atoms with Gasteiger partial charge >= 0.3 is 0 Å². The van der Waals surface area contributed by atoms with Gasteiger partial charge in [-0.2, -0.15) is 5.10 Å². The molecule has 6 nitrogen and oxygen atoms in total. The van der Waals surface area contributed by atoms with E-state index in [2.05, 4.69) is 15.2 Å². The molecule has 2 N–H and O–H groups in total. The molecule has 3 aromatic rings. The highest BCUT2D eigenvalue weighted by atomic mass is 16.3. The number of rotatable bonds is 4. The molecule has 0 unspecified atom stereocenters. The third-order valence-electron chi connectivity index (χ3n) is 3.16. The maximum Gasteiger partial charge on any atom is 0.217 e. The number of nitrogens with one attached hydrogen (secondary N) is 1. The van der Waals surface area contributed by atoms with Crippen molar-refractivity contribution in [2.24, 2.45) is 0 Å². The molecule has 1 aromatic carbocycles. The fraction of sp³-hybridized carbons (Fsp3) is 0. The number of aromatic nitrogens is 3. The number of ketones is 2. The summed E-state index contributed by atoms with van der Waals surface area (Å²) in [6, 6.07) is 11.5. The van der Waals surface area contributed by atoms with E-state index < -0.39 is 17.3 Å². The van der Waals surface area contributed by atoms with Gasteiger partial charge < -0.3 is 5.11 Å². The van der Waals surface area contributed by atoms with Crippen LogP contribution in [0, 0.1) is 0 Å². The van der Waals surface area contributed by atoms with Gasteiger partial charge in [-0.25, -0.2) is 0 Å². The quantitative estimate of drug-likeness (QED) is 0.717. The van der Waals surface area contributed by atoms with Gasteiger partial charge in [-0.3, -0.25) is 19.7 Å². The topological polar surface area (TPSA) is 95.9 Å². The Hall–Kier alpha value is -3.28. The Labute approximate surface area is 125 Å². The highest BCUT2D eigenvalue weighted by Crippen LogP contribution is 2.24. The lowest BCUT2D eigenvalue weighted by molar-refractivity contribution is 0.102. The Morgan fingerprint density at radius 1 is 0.909 bits per heavy atom. The van der Waals surface area contributed by atoms with Crippen molar-refractivity contribution in [2.75, 3.05) is 0 Å². The summed E-state index contributed by atoms with van der Waals surface area (Å²) in [4.78, 5) is 28.4. The molecule has 0 aliphatic heterocycles. The molecule has 108 valence electrons. The van der Waals surface area contributed by atoms with Gasteiger partial charge in [0.2, 0.25) is 11.6 Å². The Balaban J connectivity index is 1.96. The lowest BCUT2D eigenvalue weighted by Crippen LogP contribution is -2.03. The van der Waals surface area contributed by atoms with Crippen molar-refractivity contribution in [2.45, 2.75) is 0 Å². The van der Waals surface area contributed by atoms with Crippen molar-refractivity contribution < 1.29 is 14.7 Å². The van der Waals surface area contributed by atoms with E-state index in [1.165, 1.54) is 24.5 Å². The number of aromatic amines is 1. The van der Waals surface area contributed by atoms with Crippen LogP contribution in [0.1, 0.15) is 32.1 Å². The Kier molecular flexibility index (Phi) is 3.49. The zero-order valence-electron chi connectivity index (χ0n) is 11.4. The van der Waals surface area contributed by atoms with Crippen LogP contribution in [-0.4, -0.2) is 31.9 Å². The second-order valence-electron chi connectivity index (χ2n) is 4.56. The van der Waals surface area contributed by atoms with E-state index in [0.29, 0.717) is 11.1 Å². The molecule has 2 aromatic heterocycles. The molecule has 6 heteroatoms. The van der Waals surface area contributed by atoms with Crippen molar-refractivity contribution in [3.05, 3.63) is 77.4 Å². The molecule has 0 bridgehead atoms. The van der Waals surface area contributed by atoms with Crippen LogP contribution in [0.3, 0.4) is 0 Å². The number of nitrogens with zero attached hydrogens (tertiary/aromatic N) is 2. The number of carbonyl (C=O) groups is 2. The zero-order valence-corrected chi connectivity index (χ0v) is 11.4. The summed E-state index contributed by atoms with van der Waals surface area (Å²) in [6.45, 7) is 0. The molecule has 0 radical (unpaired) electrons. The molecular formula is C16H11N3O3. The highest BCUT2D eigenvalue weighted by molar-refractivity contribution is 6.14. The van der Waals surface area contributed by atoms with Crippen molar-refractivity contribution >= 4 is 11.6 Å². The minimum Gasteiger partial charge on any atom is -0.504 e. The fourth-order valence-electron chi connectivity index (χ4n) is 2.03. The largest absolute Gasteiger partial charge is 0.504 e. The highest BCUT2D eigenvalue weighted by Gasteiger charge is 2.24. The Morgan fingerprint density at radius 2 is 1.55 bits per heavy atom. The summed E-state index contributed by atoms with van der Waals surface area (Å²) >= 11 is 0. The van der Waals surface area contributed by atoms with Crippen LogP contribution in [0.5, 0.6) is 5.75 Å². The van der Waals surface area contributed by atoms with E-state index in [1.807, 2.05) is 0 Å². The normalized spacial score (nSPS) is 10.4. The molecule has 0 spiro atoms. The van der Waals surface area contributed by atoms with Crippen LogP contribution in [0.4, 0.5) is 0 Å². The smallest absolute Gasteiger partial charge is 0.217 e. The van der Waals surface area contributed by atoms with E-state index in [4.69, 9.17) is 0 Å². The molecule has 0 fully saturated rings. The first kappa shape index (κ1) is 13.7. The number of pyridine rings is 1. The van der Waals surface area contributed by atoms with E-state index in [-0.39, 0.29) is 11.4 Å². The summed E-state index contributed by atoms with van der Waals surface area (Å²) in [5.74, 6) is -1.36. The van der Waals surface area contributed by atoms with Crippen molar-refractivity contribution in [3.8, 4) is 5.75 Å². The lowest BCUT2D eigenvalue weighted by Gasteiger charge is -1.99. The summed E-state index contributed by atoms with van der Waals surface area (Å²) in [5, 5.41) is 16.4. The summed E-state index contributed by atoms with van der Waals surface area (Å²) < 4.78 is 0. The average Bonchev–Trinajstić information content (AvgIpc) is 2.96. The second kappa shape index (κ2) is 5.61. The molecule has 0 aliphatic rings. The first-order chi connectivity index (χ1) is 10.7. The Morgan fingerprint density at radius 3 is 2.23 bits per heavy atom.